The van der Waals surface area contributed by atoms with E-state index in [2.05, 4.69) is 0 Å². The number of nitrogens with one attached hydrogen (secondary N) is 1. The molecule has 8 nitrogen and oxygen atoms in total. The SMILES string of the molecule is O=S(=O)(O)N[C@@H]1C[C@H](O)[C@@H](O)[C@H](O)[C@H]1CO. The maximum Gasteiger partial charge on any atom is 0.333 e. The van der Waals surface area contributed by atoms with Crippen molar-refractivity contribution in [1.82, 2.24) is 4.72 Å². The zero-order chi connectivity index (χ0) is 12.5. The minimum Gasteiger partial charge on any atom is -0.396 e. The van der Waals surface area contributed by atoms with Gasteiger partial charge in [-0.1, -0.05) is 0 Å². The quantitative estimate of drug-likeness (QED) is 0.292. The molecule has 0 aromatic rings. The van der Waals surface area contributed by atoms with E-state index in [0.29, 0.717) is 0 Å². The van der Waals surface area contributed by atoms with Gasteiger partial charge in [0.25, 0.3) is 0 Å². The molecule has 0 radical (unpaired) electrons. The van der Waals surface area contributed by atoms with E-state index in [1.807, 2.05) is 0 Å². The summed E-state index contributed by atoms with van der Waals surface area (Å²) in [6.07, 6.45) is -4.44. The van der Waals surface area contributed by atoms with E-state index < -0.39 is 47.2 Å². The number of rotatable bonds is 3. The first-order chi connectivity index (χ1) is 7.26. The second-order valence-electron chi connectivity index (χ2n) is 3.83. The molecule has 6 N–H and O–H groups in total. The van der Waals surface area contributed by atoms with Crippen LogP contribution in [-0.2, 0) is 10.3 Å². The van der Waals surface area contributed by atoms with Gasteiger partial charge in [0, 0.05) is 18.6 Å². The summed E-state index contributed by atoms with van der Waals surface area (Å²) < 4.78 is 31.5. The van der Waals surface area contributed by atoms with E-state index in [9.17, 15) is 23.7 Å². The standard InChI is InChI=1S/C7H15NO7S/c9-2-3-4(8-16(13,14)15)1-5(10)7(12)6(3)11/h3-12H,1-2H2,(H,13,14,15)/t3-,4+,5-,6+,7+/m0/s1. The second kappa shape index (κ2) is 4.92. The third-order valence-electron chi connectivity index (χ3n) is 2.71. The monoisotopic (exact) mass is 257 g/mol. The predicted octanol–water partition coefficient (Wildman–Crippen LogP) is -3.16. The molecule has 0 aliphatic heterocycles. The van der Waals surface area contributed by atoms with Crippen LogP contribution in [0.2, 0.25) is 0 Å². The van der Waals surface area contributed by atoms with Gasteiger partial charge in [-0.25, -0.2) is 0 Å². The normalized spacial score (nSPS) is 40.9. The van der Waals surface area contributed by atoms with Gasteiger partial charge in [-0.15, -0.1) is 0 Å². The molecular formula is C7H15NO7S. The van der Waals surface area contributed by atoms with Crippen molar-refractivity contribution in [2.24, 2.45) is 5.92 Å². The zero-order valence-corrected chi connectivity index (χ0v) is 9.08. The molecule has 0 aromatic heterocycles. The average molecular weight is 257 g/mol. The van der Waals surface area contributed by atoms with Gasteiger partial charge in [0.2, 0.25) is 0 Å². The van der Waals surface area contributed by atoms with Crippen LogP contribution >= 0.6 is 0 Å². The highest BCUT2D eigenvalue weighted by Crippen LogP contribution is 2.26. The Morgan fingerprint density at radius 3 is 2.19 bits per heavy atom. The first-order valence-corrected chi connectivity index (χ1v) is 6.10. The molecule has 0 spiro atoms. The van der Waals surface area contributed by atoms with Crippen molar-refractivity contribution in [2.45, 2.75) is 30.8 Å². The van der Waals surface area contributed by atoms with Crippen LogP contribution in [0.25, 0.3) is 0 Å². The van der Waals surface area contributed by atoms with Gasteiger partial charge in [-0.2, -0.15) is 13.1 Å². The molecule has 16 heavy (non-hydrogen) atoms. The highest BCUT2D eigenvalue weighted by atomic mass is 32.2. The van der Waals surface area contributed by atoms with E-state index in [1.54, 1.807) is 4.72 Å². The Morgan fingerprint density at radius 2 is 1.75 bits per heavy atom. The Hall–Kier alpha value is -0.290. The van der Waals surface area contributed by atoms with Crippen molar-refractivity contribution in [3.8, 4) is 0 Å². The number of aliphatic hydroxyl groups is 4. The molecule has 1 saturated carbocycles. The van der Waals surface area contributed by atoms with Crippen LogP contribution in [0.4, 0.5) is 0 Å². The molecule has 0 saturated heterocycles. The number of hydrogen-bond donors (Lipinski definition) is 6. The lowest BCUT2D eigenvalue weighted by Crippen LogP contribution is -2.58. The molecule has 0 aromatic carbocycles. The molecular weight excluding hydrogens is 242 g/mol. The lowest BCUT2D eigenvalue weighted by Gasteiger charge is -2.39. The fourth-order valence-corrected chi connectivity index (χ4v) is 2.51. The van der Waals surface area contributed by atoms with E-state index >= 15 is 0 Å². The summed E-state index contributed by atoms with van der Waals surface area (Å²) in [5, 5.41) is 37.1. The van der Waals surface area contributed by atoms with Crippen LogP contribution in [0.1, 0.15) is 6.42 Å². The van der Waals surface area contributed by atoms with Gasteiger partial charge in [-0.05, 0) is 6.42 Å². The number of hydrogen-bond acceptors (Lipinski definition) is 6. The Morgan fingerprint density at radius 1 is 1.19 bits per heavy atom. The first-order valence-electron chi connectivity index (χ1n) is 4.66. The van der Waals surface area contributed by atoms with Crippen molar-refractivity contribution in [1.29, 1.82) is 0 Å². The molecule has 0 unspecified atom stereocenters. The van der Waals surface area contributed by atoms with E-state index in [-0.39, 0.29) is 6.42 Å². The summed E-state index contributed by atoms with van der Waals surface area (Å²) in [6.45, 7) is -0.585. The van der Waals surface area contributed by atoms with Gasteiger partial charge < -0.3 is 20.4 Å². The Kier molecular flexibility index (Phi) is 4.23. The molecule has 5 atom stereocenters. The van der Waals surface area contributed by atoms with Gasteiger partial charge in [0.1, 0.15) is 6.10 Å². The summed E-state index contributed by atoms with van der Waals surface area (Å²) in [7, 11) is -4.50. The summed E-state index contributed by atoms with van der Waals surface area (Å²) in [5.74, 6) is -0.986. The average Bonchev–Trinajstić information content (AvgIpc) is 2.12. The Bertz CT molecular complexity index is 332. The third kappa shape index (κ3) is 3.10. The largest absolute Gasteiger partial charge is 0.396 e. The van der Waals surface area contributed by atoms with Crippen LogP contribution in [0.3, 0.4) is 0 Å². The maximum absolute atomic E-state index is 10.6. The van der Waals surface area contributed by atoms with E-state index in [1.165, 1.54) is 0 Å². The topological polar surface area (TPSA) is 147 Å². The van der Waals surface area contributed by atoms with Crippen LogP contribution in [-0.4, -0.2) is 64.4 Å². The minimum absolute atomic E-state index is 0.205. The maximum atomic E-state index is 10.6. The van der Waals surface area contributed by atoms with Gasteiger partial charge in [0.05, 0.1) is 12.2 Å². The molecule has 1 aliphatic carbocycles. The smallest absolute Gasteiger partial charge is 0.333 e. The second-order valence-corrected chi connectivity index (χ2v) is 5.02. The Balaban J connectivity index is 2.83. The van der Waals surface area contributed by atoms with Crippen LogP contribution in [0.5, 0.6) is 0 Å². The molecule has 0 heterocycles. The first kappa shape index (κ1) is 13.8. The molecule has 0 bridgehead atoms. The van der Waals surface area contributed by atoms with Gasteiger partial charge in [-0.3, -0.25) is 4.55 Å². The van der Waals surface area contributed by atoms with Gasteiger partial charge in [0.15, 0.2) is 0 Å². The van der Waals surface area contributed by atoms with E-state index in [4.69, 9.17) is 9.66 Å². The van der Waals surface area contributed by atoms with Crippen LogP contribution < -0.4 is 4.72 Å². The zero-order valence-electron chi connectivity index (χ0n) is 8.26. The van der Waals surface area contributed by atoms with Crippen molar-refractivity contribution >= 4 is 10.3 Å². The van der Waals surface area contributed by atoms with Crippen LogP contribution in [0, 0.1) is 5.92 Å². The fourth-order valence-electron chi connectivity index (χ4n) is 1.86. The lowest BCUT2D eigenvalue weighted by molar-refractivity contribution is -0.126. The van der Waals surface area contributed by atoms with Crippen molar-refractivity contribution < 1.29 is 33.4 Å². The predicted molar refractivity (Wildman–Crippen MR) is 51.7 cm³/mol. The van der Waals surface area contributed by atoms with Gasteiger partial charge >= 0.3 is 10.3 Å². The summed E-state index contributed by atoms with van der Waals surface area (Å²) in [4.78, 5) is 0. The highest BCUT2D eigenvalue weighted by Gasteiger charge is 2.43. The molecule has 9 heteroatoms. The fraction of sp³-hybridized carbons (Fsp3) is 1.00. The summed E-state index contributed by atoms with van der Waals surface area (Å²) in [5.41, 5.74) is 0. The van der Waals surface area contributed by atoms with Crippen molar-refractivity contribution in [2.75, 3.05) is 6.61 Å². The summed E-state index contributed by atoms with van der Waals surface area (Å²) >= 11 is 0. The minimum atomic E-state index is -4.50. The molecule has 96 valence electrons. The molecule has 1 rings (SSSR count). The molecule has 1 fully saturated rings. The van der Waals surface area contributed by atoms with E-state index in [0.717, 1.165) is 0 Å². The van der Waals surface area contributed by atoms with Crippen molar-refractivity contribution in [3.05, 3.63) is 0 Å². The Labute approximate surface area is 92.4 Å². The molecule has 1 aliphatic rings. The third-order valence-corrected chi connectivity index (χ3v) is 3.31. The lowest BCUT2D eigenvalue weighted by atomic mass is 9.79. The highest BCUT2D eigenvalue weighted by molar-refractivity contribution is 7.83. The summed E-state index contributed by atoms with van der Waals surface area (Å²) in [6, 6.07) is -1.03. The number of aliphatic hydroxyl groups excluding tert-OH is 4. The van der Waals surface area contributed by atoms with Crippen LogP contribution in [0.15, 0.2) is 0 Å². The molecule has 0 amide bonds. The van der Waals surface area contributed by atoms with Crippen molar-refractivity contribution in [3.63, 3.8) is 0 Å².